The lowest BCUT2D eigenvalue weighted by molar-refractivity contribution is 0.637. The van der Waals surface area contributed by atoms with Crippen LogP contribution in [-0.4, -0.2) is 36.6 Å². The van der Waals surface area contributed by atoms with E-state index in [1.54, 1.807) is 0 Å². The Bertz CT molecular complexity index is 79.0. The maximum absolute atomic E-state index is 3.48. The molecule has 0 aromatic carbocycles. The summed E-state index contributed by atoms with van der Waals surface area (Å²) in [4.78, 5) is 0. The van der Waals surface area contributed by atoms with Gasteiger partial charge in [-0.15, -0.1) is 0 Å². The molecule has 80 valence electrons. The second-order valence-corrected chi connectivity index (χ2v) is 5.38. The van der Waals surface area contributed by atoms with Crippen molar-refractivity contribution in [3.8, 4) is 0 Å². The number of hydrogen-bond donors (Lipinski definition) is 1. The fraction of sp³-hybridized carbons (Fsp3) is 1.00. The zero-order chi connectivity index (χ0) is 9.78. The Morgan fingerprint density at radius 1 is 1.00 bits per heavy atom. The normalized spacial score (nSPS) is 10.6. The molecule has 0 atom stereocenters. The Balaban J connectivity index is 2.76. The van der Waals surface area contributed by atoms with Crippen LogP contribution in [0.3, 0.4) is 0 Å². The Labute approximate surface area is 91.8 Å². The highest BCUT2D eigenvalue weighted by Crippen LogP contribution is 2.00. The van der Waals surface area contributed by atoms with E-state index in [4.69, 9.17) is 0 Å². The molecule has 0 bridgehead atoms. The minimum absolute atomic E-state index is 1.20. The standard InChI is InChI=1S/C10H23NS2/c1-3-13-10-6-8-11-7-4-5-9-12-2/h11H,3-10H2,1-2H3. The van der Waals surface area contributed by atoms with E-state index in [1.165, 1.54) is 49.6 Å². The number of nitrogens with one attached hydrogen (secondary N) is 1. The molecule has 0 aromatic rings. The number of thioether (sulfide) groups is 2. The molecule has 0 aliphatic carbocycles. The van der Waals surface area contributed by atoms with Crippen LogP contribution in [-0.2, 0) is 0 Å². The number of hydrogen-bond acceptors (Lipinski definition) is 3. The summed E-state index contributed by atoms with van der Waals surface area (Å²) in [7, 11) is 0. The monoisotopic (exact) mass is 221 g/mol. The summed E-state index contributed by atoms with van der Waals surface area (Å²) < 4.78 is 0. The van der Waals surface area contributed by atoms with E-state index in [-0.39, 0.29) is 0 Å². The van der Waals surface area contributed by atoms with Crippen LogP contribution in [0, 0.1) is 0 Å². The van der Waals surface area contributed by atoms with Gasteiger partial charge in [-0.1, -0.05) is 6.92 Å². The molecule has 0 spiro atoms. The fourth-order valence-corrected chi connectivity index (χ4v) is 2.19. The molecule has 0 radical (unpaired) electrons. The molecule has 13 heavy (non-hydrogen) atoms. The molecule has 0 fully saturated rings. The second kappa shape index (κ2) is 12.7. The quantitative estimate of drug-likeness (QED) is 0.570. The van der Waals surface area contributed by atoms with E-state index in [2.05, 4.69) is 18.5 Å². The molecule has 0 unspecified atom stereocenters. The van der Waals surface area contributed by atoms with Crippen LogP contribution in [0.5, 0.6) is 0 Å². The molecule has 0 aliphatic rings. The van der Waals surface area contributed by atoms with Gasteiger partial charge in [0.25, 0.3) is 0 Å². The summed E-state index contributed by atoms with van der Waals surface area (Å²) in [5.41, 5.74) is 0. The number of unbranched alkanes of at least 4 members (excludes halogenated alkanes) is 1. The largest absolute Gasteiger partial charge is 0.317 e. The first-order valence-electron chi connectivity index (χ1n) is 5.19. The van der Waals surface area contributed by atoms with Crippen LogP contribution < -0.4 is 5.32 Å². The van der Waals surface area contributed by atoms with Crippen LogP contribution >= 0.6 is 23.5 Å². The fourth-order valence-electron chi connectivity index (χ4n) is 1.06. The molecule has 0 aromatic heterocycles. The van der Waals surface area contributed by atoms with E-state index < -0.39 is 0 Å². The van der Waals surface area contributed by atoms with Gasteiger partial charge in [-0.2, -0.15) is 23.5 Å². The molecular formula is C10H23NS2. The highest BCUT2D eigenvalue weighted by molar-refractivity contribution is 7.99. The Kier molecular flexibility index (Phi) is 13.3. The van der Waals surface area contributed by atoms with Gasteiger partial charge in [0.1, 0.15) is 0 Å². The lowest BCUT2D eigenvalue weighted by Gasteiger charge is -2.03. The molecular weight excluding hydrogens is 198 g/mol. The lowest BCUT2D eigenvalue weighted by Crippen LogP contribution is -2.17. The van der Waals surface area contributed by atoms with E-state index in [9.17, 15) is 0 Å². The molecule has 0 saturated heterocycles. The van der Waals surface area contributed by atoms with Crippen molar-refractivity contribution in [3.05, 3.63) is 0 Å². The summed E-state index contributed by atoms with van der Waals surface area (Å²) >= 11 is 3.98. The van der Waals surface area contributed by atoms with Crippen molar-refractivity contribution in [1.29, 1.82) is 0 Å². The first-order valence-corrected chi connectivity index (χ1v) is 7.74. The number of rotatable bonds is 10. The topological polar surface area (TPSA) is 12.0 Å². The average molecular weight is 221 g/mol. The van der Waals surface area contributed by atoms with Gasteiger partial charge >= 0.3 is 0 Å². The van der Waals surface area contributed by atoms with Crippen molar-refractivity contribution in [3.63, 3.8) is 0 Å². The zero-order valence-electron chi connectivity index (χ0n) is 8.97. The molecule has 1 nitrogen and oxygen atoms in total. The third-order valence-electron chi connectivity index (χ3n) is 1.80. The Morgan fingerprint density at radius 3 is 2.46 bits per heavy atom. The molecule has 0 rings (SSSR count). The Morgan fingerprint density at radius 2 is 1.77 bits per heavy atom. The van der Waals surface area contributed by atoms with Crippen LogP contribution in [0.2, 0.25) is 0 Å². The highest BCUT2D eigenvalue weighted by atomic mass is 32.2. The highest BCUT2D eigenvalue weighted by Gasteiger charge is 1.89. The van der Waals surface area contributed by atoms with Crippen LogP contribution in [0.25, 0.3) is 0 Å². The van der Waals surface area contributed by atoms with E-state index in [1.807, 2.05) is 23.5 Å². The zero-order valence-corrected chi connectivity index (χ0v) is 10.6. The minimum Gasteiger partial charge on any atom is -0.317 e. The van der Waals surface area contributed by atoms with E-state index >= 15 is 0 Å². The maximum Gasteiger partial charge on any atom is -0.00411 e. The minimum atomic E-state index is 1.20. The summed E-state index contributed by atoms with van der Waals surface area (Å²) in [6, 6.07) is 0. The van der Waals surface area contributed by atoms with Gasteiger partial charge < -0.3 is 5.32 Å². The van der Waals surface area contributed by atoms with Crippen molar-refractivity contribution in [2.24, 2.45) is 0 Å². The van der Waals surface area contributed by atoms with Crippen molar-refractivity contribution in [2.45, 2.75) is 26.2 Å². The third-order valence-corrected chi connectivity index (χ3v) is 3.48. The van der Waals surface area contributed by atoms with Crippen LogP contribution in [0.4, 0.5) is 0 Å². The van der Waals surface area contributed by atoms with Crippen molar-refractivity contribution in [2.75, 3.05) is 36.6 Å². The van der Waals surface area contributed by atoms with E-state index in [0.29, 0.717) is 0 Å². The summed E-state index contributed by atoms with van der Waals surface area (Å²) in [6.07, 6.45) is 6.19. The van der Waals surface area contributed by atoms with E-state index in [0.717, 1.165) is 0 Å². The van der Waals surface area contributed by atoms with Gasteiger partial charge in [-0.25, -0.2) is 0 Å². The van der Waals surface area contributed by atoms with Crippen LogP contribution in [0.15, 0.2) is 0 Å². The molecule has 0 heterocycles. The predicted molar refractivity (Wildman–Crippen MR) is 68.1 cm³/mol. The molecule has 0 amide bonds. The predicted octanol–water partition coefficient (Wildman–Crippen LogP) is 2.86. The van der Waals surface area contributed by atoms with Gasteiger partial charge in [0.2, 0.25) is 0 Å². The van der Waals surface area contributed by atoms with Gasteiger partial charge in [-0.05, 0) is 55.9 Å². The smallest absolute Gasteiger partial charge is 0.00411 e. The Hall–Kier alpha value is 0.660. The first kappa shape index (κ1) is 13.7. The summed E-state index contributed by atoms with van der Waals surface area (Å²) in [5.74, 6) is 3.88. The summed E-state index contributed by atoms with van der Waals surface area (Å²) in [6.45, 7) is 4.63. The second-order valence-electron chi connectivity index (χ2n) is 3.00. The molecule has 0 aliphatic heterocycles. The SMILES string of the molecule is CCSCCCNCCCCSC. The van der Waals surface area contributed by atoms with Crippen molar-refractivity contribution in [1.82, 2.24) is 5.32 Å². The molecule has 1 N–H and O–H groups in total. The average Bonchev–Trinajstić information content (AvgIpc) is 2.16. The van der Waals surface area contributed by atoms with Crippen molar-refractivity contribution < 1.29 is 0 Å². The first-order chi connectivity index (χ1) is 6.41. The van der Waals surface area contributed by atoms with Crippen molar-refractivity contribution >= 4 is 23.5 Å². The molecule has 3 heteroatoms. The molecule has 0 saturated carbocycles. The third kappa shape index (κ3) is 12.7. The van der Waals surface area contributed by atoms with Gasteiger partial charge in [0.15, 0.2) is 0 Å². The van der Waals surface area contributed by atoms with Gasteiger partial charge in [0.05, 0.1) is 0 Å². The summed E-state index contributed by atoms with van der Waals surface area (Å²) in [5, 5.41) is 3.48. The van der Waals surface area contributed by atoms with Gasteiger partial charge in [0, 0.05) is 0 Å². The van der Waals surface area contributed by atoms with Crippen LogP contribution in [0.1, 0.15) is 26.2 Å². The maximum atomic E-state index is 3.48. The lowest BCUT2D eigenvalue weighted by atomic mass is 10.3. The van der Waals surface area contributed by atoms with Gasteiger partial charge in [-0.3, -0.25) is 0 Å².